The third-order valence-corrected chi connectivity index (χ3v) is 4.05. The fourth-order valence-electron chi connectivity index (χ4n) is 2.92. The summed E-state index contributed by atoms with van der Waals surface area (Å²) in [4.78, 5) is 5.45. The summed E-state index contributed by atoms with van der Waals surface area (Å²) in [6.07, 6.45) is -3.78. The van der Waals surface area contributed by atoms with Crippen molar-refractivity contribution in [3.63, 3.8) is 0 Å². The van der Waals surface area contributed by atoms with Crippen LogP contribution in [0, 0.1) is 5.82 Å². The molecule has 1 aromatic rings. The first-order chi connectivity index (χ1) is 13.2. The Bertz CT molecular complexity index is 674. The Morgan fingerprint density at radius 3 is 2.69 bits per heavy atom. The molecule has 0 spiro atoms. The number of ether oxygens (including phenoxy) is 1. The Morgan fingerprint density at radius 1 is 1.34 bits per heavy atom. The number of guanidine groups is 1. The molecule has 0 saturated carbocycles. The van der Waals surface area contributed by atoms with Gasteiger partial charge in [-0.3, -0.25) is 4.90 Å². The summed E-state index contributed by atoms with van der Waals surface area (Å²) in [7, 11) is 0. The molecule has 0 aliphatic carbocycles. The van der Waals surface area contributed by atoms with Crippen LogP contribution in [-0.4, -0.2) is 55.9 Å². The van der Waals surface area contributed by atoms with Gasteiger partial charge in [-0.15, -0.1) is 24.0 Å². The number of nitrogens with one attached hydrogen (secondary N) is 2. The molecule has 1 aliphatic rings. The van der Waals surface area contributed by atoms with Gasteiger partial charge in [-0.05, 0) is 25.5 Å². The number of benzene rings is 1. The van der Waals surface area contributed by atoms with Gasteiger partial charge in [0.15, 0.2) is 5.96 Å². The van der Waals surface area contributed by atoms with E-state index >= 15 is 0 Å². The molecule has 1 fully saturated rings. The maximum Gasteiger partial charge on any atom is 0.401 e. The molecule has 2 N–H and O–H groups in total. The Kier molecular flexibility index (Phi) is 10.3. The predicted molar refractivity (Wildman–Crippen MR) is 107 cm³/mol. The van der Waals surface area contributed by atoms with Crippen LogP contribution < -0.4 is 15.4 Å². The maximum absolute atomic E-state index is 14.0. The molecule has 29 heavy (non-hydrogen) atoms. The average Bonchev–Trinajstić information content (AvgIpc) is 2.98. The lowest BCUT2D eigenvalue weighted by Crippen LogP contribution is -2.45. The molecule has 5 nitrogen and oxygen atoms in total. The number of alkyl halides is 5. The van der Waals surface area contributed by atoms with Gasteiger partial charge in [0.1, 0.15) is 11.6 Å². The molecule has 0 aromatic heterocycles. The quantitative estimate of drug-likeness (QED) is 0.240. The van der Waals surface area contributed by atoms with Crippen LogP contribution in [0.4, 0.5) is 26.3 Å². The molecule has 2 rings (SSSR count). The second kappa shape index (κ2) is 11.7. The predicted octanol–water partition coefficient (Wildman–Crippen LogP) is 3.74. The van der Waals surface area contributed by atoms with Gasteiger partial charge in [-0.2, -0.15) is 22.0 Å². The molecule has 1 atom stereocenters. The van der Waals surface area contributed by atoms with Crippen LogP contribution >= 0.6 is 24.0 Å². The molecule has 1 saturated heterocycles. The standard InChI is InChI=1S/C17H22F6N4O.HI/c1-2-24-16(26-11-6-7-27(9-11)10-17(21,22)23)25-8-12-13(18)4-3-5-14(12)28-15(19)20;/h3-5,11,15H,2,6-10H2,1H3,(H2,24,25,26);1H. The summed E-state index contributed by atoms with van der Waals surface area (Å²) in [6.45, 7) is -1.64. The fourth-order valence-corrected chi connectivity index (χ4v) is 2.92. The number of halogens is 7. The van der Waals surface area contributed by atoms with E-state index in [1.54, 1.807) is 6.92 Å². The second-order valence-electron chi connectivity index (χ2n) is 6.27. The Labute approximate surface area is 181 Å². The van der Waals surface area contributed by atoms with Crippen LogP contribution in [0.25, 0.3) is 0 Å². The summed E-state index contributed by atoms with van der Waals surface area (Å²) in [5.41, 5.74) is -0.134. The van der Waals surface area contributed by atoms with Gasteiger partial charge in [-0.1, -0.05) is 6.07 Å². The molecule has 1 aromatic carbocycles. The number of likely N-dealkylation sites (tertiary alicyclic amines) is 1. The molecule has 1 heterocycles. The van der Waals surface area contributed by atoms with Crippen LogP contribution in [-0.2, 0) is 6.54 Å². The molecule has 0 amide bonds. The zero-order valence-electron chi connectivity index (χ0n) is 15.6. The topological polar surface area (TPSA) is 48.9 Å². The third kappa shape index (κ3) is 8.84. The summed E-state index contributed by atoms with van der Waals surface area (Å²) >= 11 is 0. The van der Waals surface area contributed by atoms with Crippen LogP contribution in [0.1, 0.15) is 18.9 Å². The molecular formula is C17H23F6IN4O. The molecular weight excluding hydrogens is 517 g/mol. The molecule has 0 radical (unpaired) electrons. The number of hydrogen-bond donors (Lipinski definition) is 2. The smallest absolute Gasteiger partial charge is 0.401 e. The number of aliphatic imine (C=N–C) groups is 1. The largest absolute Gasteiger partial charge is 0.434 e. The summed E-state index contributed by atoms with van der Waals surface area (Å²) in [6, 6.07) is 3.30. The highest BCUT2D eigenvalue weighted by Gasteiger charge is 2.34. The van der Waals surface area contributed by atoms with Crippen LogP contribution in [0.5, 0.6) is 5.75 Å². The molecule has 1 aliphatic heterocycles. The Hall–Kier alpha value is -1.44. The van der Waals surface area contributed by atoms with E-state index in [1.807, 2.05) is 0 Å². The molecule has 12 heteroatoms. The molecule has 1 unspecified atom stereocenters. The first kappa shape index (κ1) is 25.6. The van der Waals surface area contributed by atoms with Gasteiger partial charge in [0.25, 0.3) is 0 Å². The minimum absolute atomic E-state index is 0. The highest BCUT2D eigenvalue weighted by atomic mass is 127. The van der Waals surface area contributed by atoms with Gasteiger partial charge < -0.3 is 15.4 Å². The summed E-state index contributed by atoms with van der Waals surface area (Å²) < 4.78 is 80.8. The van der Waals surface area contributed by atoms with E-state index in [-0.39, 0.29) is 66.9 Å². The van der Waals surface area contributed by atoms with E-state index in [2.05, 4.69) is 20.4 Å². The van der Waals surface area contributed by atoms with E-state index in [4.69, 9.17) is 0 Å². The van der Waals surface area contributed by atoms with Crippen molar-refractivity contribution in [2.75, 3.05) is 26.2 Å². The lowest BCUT2D eigenvalue weighted by molar-refractivity contribution is -0.143. The molecule has 166 valence electrons. The van der Waals surface area contributed by atoms with Crippen molar-refractivity contribution in [3.8, 4) is 5.75 Å². The number of nitrogens with zero attached hydrogens (tertiary/aromatic N) is 2. The lowest BCUT2D eigenvalue weighted by Gasteiger charge is -2.20. The maximum atomic E-state index is 14.0. The SMILES string of the molecule is CCNC(=NCc1c(F)cccc1OC(F)F)NC1CCN(CC(F)(F)F)C1.I. The first-order valence-electron chi connectivity index (χ1n) is 8.74. The van der Waals surface area contributed by atoms with Gasteiger partial charge in [0.2, 0.25) is 0 Å². The Morgan fingerprint density at radius 2 is 2.07 bits per heavy atom. The van der Waals surface area contributed by atoms with Crippen molar-refractivity contribution in [2.24, 2.45) is 4.99 Å². The van der Waals surface area contributed by atoms with Crippen molar-refractivity contribution in [1.82, 2.24) is 15.5 Å². The van der Waals surface area contributed by atoms with Crippen molar-refractivity contribution in [2.45, 2.75) is 38.7 Å². The van der Waals surface area contributed by atoms with E-state index in [0.29, 0.717) is 13.0 Å². The minimum atomic E-state index is -4.26. The van der Waals surface area contributed by atoms with Gasteiger partial charge in [-0.25, -0.2) is 9.38 Å². The average molecular weight is 540 g/mol. The lowest BCUT2D eigenvalue weighted by atomic mass is 10.2. The van der Waals surface area contributed by atoms with Crippen molar-refractivity contribution in [1.29, 1.82) is 0 Å². The van der Waals surface area contributed by atoms with Crippen molar-refractivity contribution < 1.29 is 31.1 Å². The zero-order chi connectivity index (χ0) is 20.7. The minimum Gasteiger partial charge on any atom is -0.434 e. The second-order valence-corrected chi connectivity index (χ2v) is 6.27. The van der Waals surface area contributed by atoms with Gasteiger partial charge in [0.05, 0.1) is 18.7 Å². The van der Waals surface area contributed by atoms with Crippen molar-refractivity contribution >= 4 is 29.9 Å². The summed E-state index contributed by atoms with van der Waals surface area (Å²) in [5.74, 6) is -0.797. The van der Waals surface area contributed by atoms with E-state index in [0.717, 1.165) is 6.07 Å². The molecule has 0 bridgehead atoms. The van der Waals surface area contributed by atoms with Crippen molar-refractivity contribution in [3.05, 3.63) is 29.6 Å². The van der Waals surface area contributed by atoms with Gasteiger partial charge >= 0.3 is 12.8 Å². The van der Waals surface area contributed by atoms with Crippen LogP contribution in [0.2, 0.25) is 0 Å². The van der Waals surface area contributed by atoms with E-state index < -0.39 is 25.1 Å². The monoisotopic (exact) mass is 540 g/mol. The normalized spacial score (nSPS) is 17.9. The number of hydrogen-bond acceptors (Lipinski definition) is 3. The number of rotatable bonds is 7. The fraction of sp³-hybridized carbons (Fsp3) is 0.588. The van der Waals surface area contributed by atoms with Crippen LogP contribution in [0.15, 0.2) is 23.2 Å². The first-order valence-corrected chi connectivity index (χ1v) is 8.74. The zero-order valence-corrected chi connectivity index (χ0v) is 17.9. The van der Waals surface area contributed by atoms with E-state index in [1.165, 1.54) is 17.0 Å². The summed E-state index contributed by atoms with van der Waals surface area (Å²) in [5, 5.41) is 5.91. The highest BCUT2D eigenvalue weighted by Crippen LogP contribution is 2.24. The highest BCUT2D eigenvalue weighted by molar-refractivity contribution is 14.0. The third-order valence-electron chi connectivity index (χ3n) is 4.05. The Balaban J connectivity index is 0.00000420. The van der Waals surface area contributed by atoms with E-state index in [9.17, 15) is 26.3 Å². The van der Waals surface area contributed by atoms with Crippen LogP contribution in [0.3, 0.4) is 0 Å². The van der Waals surface area contributed by atoms with Gasteiger partial charge in [0, 0.05) is 25.7 Å².